The molecule has 1 fully saturated rings. The largest absolute Gasteiger partial charge is 0.315 e. The molecule has 1 N–H and O–H groups in total. The second-order valence-corrected chi connectivity index (χ2v) is 5.04. The van der Waals surface area contributed by atoms with Gasteiger partial charge in [0.15, 0.2) is 0 Å². The van der Waals surface area contributed by atoms with E-state index in [-0.39, 0.29) is 11.5 Å². The second-order valence-electron chi connectivity index (χ2n) is 5.04. The van der Waals surface area contributed by atoms with E-state index in [9.17, 15) is 5.26 Å². The number of nitriles is 1. The lowest BCUT2D eigenvalue weighted by Gasteiger charge is -2.34. The van der Waals surface area contributed by atoms with Gasteiger partial charge in [0.2, 0.25) is 0 Å². The number of nitrogens with one attached hydrogen (secondary N) is 1. The fraction of sp³-hybridized carbons (Fsp3) is 0.909. The number of nitrogens with zero attached hydrogens (tertiary/aromatic N) is 2. The van der Waals surface area contributed by atoms with Gasteiger partial charge in [-0.25, -0.2) is 0 Å². The van der Waals surface area contributed by atoms with E-state index in [0.717, 1.165) is 32.6 Å². The zero-order valence-electron chi connectivity index (χ0n) is 9.51. The highest BCUT2D eigenvalue weighted by atomic mass is 15.2. The normalized spacial score (nSPS) is 22.4. The summed E-state index contributed by atoms with van der Waals surface area (Å²) >= 11 is 0. The zero-order valence-corrected chi connectivity index (χ0v) is 9.51. The van der Waals surface area contributed by atoms with E-state index in [1.807, 2.05) is 0 Å². The highest BCUT2D eigenvalue weighted by molar-refractivity contribution is 5.00. The summed E-state index contributed by atoms with van der Waals surface area (Å²) < 4.78 is 0. The average Bonchev–Trinajstić information content (AvgIpc) is 2.31. The molecule has 0 radical (unpaired) electrons. The molecule has 3 nitrogen and oxygen atoms in total. The van der Waals surface area contributed by atoms with Crippen molar-refractivity contribution in [3.63, 3.8) is 0 Å². The Morgan fingerprint density at radius 3 is 2.57 bits per heavy atom. The Balaban J connectivity index is 2.64. The van der Waals surface area contributed by atoms with Crippen LogP contribution in [-0.2, 0) is 0 Å². The van der Waals surface area contributed by atoms with Gasteiger partial charge in [-0.3, -0.25) is 4.90 Å². The van der Waals surface area contributed by atoms with E-state index < -0.39 is 0 Å². The van der Waals surface area contributed by atoms with Gasteiger partial charge in [-0.05, 0) is 18.4 Å². The van der Waals surface area contributed by atoms with Gasteiger partial charge < -0.3 is 5.32 Å². The molecule has 1 saturated heterocycles. The number of hydrogen-bond acceptors (Lipinski definition) is 3. The molecule has 0 aromatic carbocycles. The summed E-state index contributed by atoms with van der Waals surface area (Å²) in [6.07, 6.45) is 1.15. The summed E-state index contributed by atoms with van der Waals surface area (Å²) in [5.41, 5.74) is 0.0547. The highest BCUT2D eigenvalue weighted by Gasteiger charge is 2.30. The van der Waals surface area contributed by atoms with Crippen LogP contribution in [0.5, 0.6) is 0 Å². The van der Waals surface area contributed by atoms with Crippen LogP contribution in [0.3, 0.4) is 0 Å². The Kier molecular flexibility index (Phi) is 3.91. The number of rotatable bonds is 1. The van der Waals surface area contributed by atoms with E-state index in [2.05, 4.69) is 37.1 Å². The summed E-state index contributed by atoms with van der Waals surface area (Å²) in [5.74, 6) is 0. The standard InChI is InChI=1S/C11H21N3/c1-11(2,3)10(9-12)14-7-4-5-13-6-8-14/h10,13H,4-8H2,1-3H3. The summed E-state index contributed by atoms with van der Waals surface area (Å²) in [4.78, 5) is 2.31. The summed E-state index contributed by atoms with van der Waals surface area (Å²) in [7, 11) is 0. The Bertz CT molecular complexity index is 204. The molecule has 0 saturated carbocycles. The van der Waals surface area contributed by atoms with Crippen molar-refractivity contribution >= 4 is 0 Å². The molecular formula is C11H21N3. The third kappa shape index (κ3) is 2.97. The van der Waals surface area contributed by atoms with Gasteiger partial charge >= 0.3 is 0 Å². The van der Waals surface area contributed by atoms with Gasteiger partial charge in [0.1, 0.15) is 6.04 Å². The first-order chi connectivity index (χ1) is 6.55. The lowest BCUT2D eigenvalue weighted by Crippen LogP contribution is -2.44. The molecule has 3 heteroatoms. The van der Waals surface area contributed by atoms with Crippen molar-refractivity contribution in [1.82, 2.24) is 10.2 Å². The van der Waals surface area contributed by atoms with Crippen molar-refractivity contribution < 1.29 is 0 Å². The molecule has 14 heavy (non-hydrogen) atoms. The first-order valence-corrected chi connectivity index (χ1v) is 5.40. The van der Waals surface area contributed by atoms with Crippen LogP contribution < -0.4 is 5.32 Å². The molecule has 0 aliphatic carbocycles. The third-order valence-electron chi connectivity index (χ3n) is 2.68. The predicted molar refractivity (Wildman–Crippen MR) is 57.9 cm³/mol. The molecule has 0 aromatic heterocycles. The molecule has 1 aliphatic rings. The maximum Gasteiger partial charge on any atom is 0.103 e. The fourth-order valence-corrected chi connectivity index (χ4v) is 1.95. The lowest BCUT2D eigenvalue weighted by atomic mass is 9.86. The summed E-state index contributed by atoms with van der Waals surface area (Å²) in [5, 5.41) is 12.6. The van der Waals surface area contributed by atoms with Crippen LogP contribution in [0.2, 0.25) is 0 Å². The Labute approximate surface area is 87.1 Å². The minimum absolute atomic E-state index is 0.0439. The quantitative estimate of drug-likeness (QED) is 0.684. The Morgan fingerprint density at radius 1 is 1.29 bits per heavy atom. The molecule has 80 valence electrons. The molecule has 1 rings (SSSR count). The first-order valence-electron chi connectivity index (χ1n) is 5.40. The molecule has 0 bridgehead atoms. The maximum absolute atomic E-state index is 9.19. The van der Waals surface area contributed by atoms with E-state index in [0.29, 0.717) is 0 Å². The van der Waals surface area contributed by atoms with Crippen LogP contribution in [-0.4, -0.2) is 37.1 Å². The molecule has 1 atom stereocenters. The maximum atomic E-state index is 9.19. The molecule has 1 unspecified atom stereocenters. The van der Waals surface area contributed by atoms with E-state index >= 15 is 0 Å². The predicted octanol–water partition coefficient (Wildman–Crippen LogP) is 1.22. The van der Waals surface area contributed by atoms with Crippen molar-refractivity contribution in [2.45, 2.75) is 33.2 Å². The smallest absolute Gasteiger partial charge is 0.103 e. The van der Waals surface area contributed by atoms with Gasteiger partial charge in [-0.2, -0.15) is 5.26 Å². The van der Waals surface area contributed by atoms with Crippen molar-refractivity contribution in [2.75, 3.05) is 26.2 Å². The Morgan fingerprint density at radius 2 is 2.00 bits per heavy atom. The van der Waals surface area contributed by atoms with Crippen LogP contribution in [0.15, 0.2) is 0 Å². The molecule has 0 spiro atoms. The molecule has 1 aliphatic heterocycles. The van der Waals surface area contributed by atoms with Crippen LogP contribution >= 0.6 is 0 Å². The van der Waals surface area contributed by atoms with Crippen LogP contribution in [0.25, 0.3) is 0 Å². The Hall–Kier alpha value is -0.590. The minimum atomic E-state index is 0.0439. The van der Waals surface area contributed by atoms with Crippen molar-refractivity contribution in [3.05, 3.63) is 0 Å². The topological polar surface area (TPSA) is 39.1 Å². The first kappa shape index (κ1) is 11.5. The second kappa shape index (κ2) is 4.77. The van der Waals surface area contributed by atoms with E-state index in [4.69, 9.17) is 0 Å². The van der Waals surface area contributed by atoms with Crippen molar-refractivity contribution in [1.29, 1.82) is 5.26 Å². The van der Waals surface area contributed by atoms with Crippen LogP contribution in [0.4, 0.5) is 0 Å². The summed E-state index contributed by atoms with van der Waals surface area (Å²) in [6.45, 7) is 10.5. The average molecular weight is 195 g/mol. The molecule has 0 amide bonds. The van der Waals surface area contributed by atoms with Crippen molar-refractivity contribution in [2.24, 2.45) is 5.41 Å². The van der Waals surface area contributed by atoms with Gasteiger partial charge in [-0.1, -0.05) is 20.8 Å². The van der Waals surface area contributed by atoms with Gasteiger partial charge in [0, 0.05) is 19.6 Å². The summed E-state index contributed by atoms with van der Waals surface area (Å²) in [6, 6.07) is 2.48. The van der Waals surface area contributed by atoms with E-state index in [1.54, 1.807) is 0 Å². The minimum Gasteiger partial charge on any atom is -0.315 e. The van der Waals surface area contributed by atoms with Gasteiger partial charge in [-0.15, -0.1) is 0 Å². The third-order valence-corrected chi connectivity index (χ3v) is 2.68. The number of hydrogen-bond donors (Lipinski definition) is 1. The van der Waals surface area contributed by atoms with Crippen molar-refractivity contribution in [3.8, 4) is 6.07 Å². The molecule has 0 aromatic rings. The lowest BCUT2D eigenvalue weighted by molar-refractivity contribution is 0.148. The van der Waals surface area contributed by atoms with Crippen LogP contribution in [0.1, 0.15) is 27.2 Å². The zero-order chi connectivity index (χ0) is 10.6. The molecule has 1 heterocycles. The van der Waals surface area contributed by atoms with Crippen LogP contribution in [0, 0.1) is 16.7 Å². The monoisotopic (exact) mass is 195 g/mol. The highest BCUT2D eigenvalue weighted by Crippen LogP contribution is 2.24. The van der Waals surface area contributed by atoms with E-state index in [1.165, 1.54) is 0 Å². The SMILES string of the molecule is CC(C)(C)C(C#N)N1CCCNCC1. The van der Waals surface area contributed by atoms with Gasteiger partial charge in [0.25, 0.3) is 0 Å². The fourth-order valence-electron chi connectivity index (χ4n) is 1.95. The molecular weight excluding hydrogens is 174 g/mol. The van der Waals surface area contributed by atoms with Gasteiger partial charge in [0.05, 0.1) is 6.07 Å².